The zero-order chi connectivity index (χ0) is 17.9. The smallest absolute Gasteiger partial charge is 0.227 e. The van der Waals surface area contributed by atoms with Gasteiger partial charge in [0.25, 0.3) is 0 Å². The molecule has 0 N–H and O–H groups in total. The number of likely N-dealkylation sites (tertiary alicyclic amines) is 1. The molecule has 4 rings (SSSR count). The van der Waals surface area contributed by atoms with Gasteiger partial charge in [0.1, 0.15) is 0 Å². The first-order valence-electron chi connectivity index (χ1n) is 8.92. The Morgan fingerprint density at radius 3 is 2.92 bits per heavy atom. The fourth-order valence-electron chi connectivity index (χ4n) is 3.42. The molecule has 134 valence electrons. The minimum absolute atomic E-state index is 0.156. The van der Waals surface area contributed by atoms with Gasteiger partial charge in [0, 0.05) is 30.3 Å². The summed E-state index contributed by atoms with van der Waals surface area (Å²) in [5.74, 6) is 1.27. The number of amides is 1. The first-order valence-corrected chi connectivity index (χ1v) is 9.86. The van der Waals surface area contributed by atoms with Crippen molar-refractivity contribution in [1.29, 1.82) is 0 Å². The van der Waals surface area contributed by atoms with Crippen LogP contribution in [-0.2, 0) is 11.2 Å². The Labute approximate surface area is 156 Å². The van der Waals surface area contributed by atoms with E-state index in [0.717, 1.165) is 24.9 Å². The third-order valence-corrected chi connectivity index (χ3v) is 5.52. The second-order valence-corrected chi connectivity index (χ2v) is 7.46. The molecule has 5 nitrogen and oxygen atoms in total. The van der Waals surface area contributed by atoms with Gasteiger partial charge in [-0.15, -0.1) is 0 Å². The highest BCUT2D eigenvalue weighted by molar-refractivity contribution is 7.08. The number of hydrogen-bond acceptors (Lipinski definition) is 5. The Morgan fingerprint density at radius 1 is 1.31 bits per heavy atom. The van der Waals surface area contributed by atoms with Gasteiger partial charge < -0.3 is 9.42 Å². The zero-order valence-corrected chi connectivity index (χ0v) is 15.5. The Kier molecular flexibility index (Phi) is 4.84. The summed E-state index contributed by atoms with van der Waals surface area (Å²) in [4.78, 5) is 19.1. The van der Waals surface area contributed by atoms with Gasteiger partial charge in [-0.1, -0.05) is 35.0 Å². The van der Waals surface area contributed by atoms with Crippen LogP contribution in [0, 0.1) is 6.92 Å². The summed E-state index contributed by atoms with van der Waals surface area (Å²) < 4.78 is 5.30. The quantitative estimate of drug-likeness (QED) is 0.670. The molecule has 0 saturated carbocycles. The zero-order valence-electron chi connectivity index (χ0n) is 14.7. The molecule has 2 aromatic heterocycles. The molecule has 0 spiro atoms. The fraction of sp³-hybridized carbons (Fsp3) is 0.350. The van der Waals surface area contributed by atoms with Crippen LogP contribution < -0.4 is 0 Å². The summed E-state index contributed by atoms with van der Waals surface area (Å²) in [6.45, 7) is 2.90. The molecule has 1 atom stereocenters. The SMILES string of the molecule is Cc1ccc(C2CCCN2C(=O)CCc2nc(-c3ccsc3)no2)cc1. The third kappa shape index (κ3) is 3.55. The molecule has 0 radical (unpaired) electrons. The van der Waals surface area contributed by atoms with Crippen molar-refractivity contribution < 1.29 is 9.32 Å². The maximum atomic E-state index is 12.7. The number of carbonyl (C=O) groups is 1. The van der Waals surface area contributed by atoms with E-state index < -0.39 is 0 Å². The van der Waals surface area contributed by atoms with Gasteiger partial charge in [0.15, 0.2) is 0 Å². The van der Waals surface area contributed by atoms with Crippen molar-refractivity contribution in [2.24, 2.45) is 0 Å². The molecule has 3 heterocycles. The molecule has 3 aromatic rings. The van der Waals surface area contributed by atoms with E-state index >= 15 is 0 Å². The van der Waals surface area contributed by atoms with Crippen molar-refractivity contribution >= 4 is 17.2 Å². The molecule has 1 aliphatic rings. The predicted molar refractivity (Wildman–Crippen MR) is 101 cm³/mol. The number of thiophene rings is 1. The summed E-state index contributed by atoms with van der Waals surface area (Å²) in [6, 6.07) is 10.6. The van der Waals surface area contributed by atoms with Crippen LogP contribution in [0.4, 0.5) is 0 Å². The van der Waals surface area contributed by atoms with Crippen LogP contribution in [0.25, 0.3) is 11.4 Å². The van der Waals surface area contributed by atoms with Crippen molar-refractivity contribution in [1.82, 2.24) is 15.0 Å². The van der Waals surface area contributed by atoms with Gasteiger partial charge in [-0.3, -0.25) is 4.79 Å². The second-order valence-electron chi connectivity index (χ2n) is 6.68. The lowest BCUT2D eigenvalue weighted by molar-refractivity contribution is -0.132. The van der Waals surface area contributed by atoms with Gasteiger partial charge in [-0.05, 0) is 36.8 Å². The molecule has 26 heavy (non-hydrogen) atoms. The number of benzene rings is 1. The standard InChI is InChI=1S/C20H21N3O2S/c1-14-4-6-15(7-5-14)17-3-2-11-23(17)19(24)9-8-18-21-20(22-25-18)16-10-12-26-13-16/h4-7,10,12-13,17H,2-3,8-9,11H2,1H3. The molecule has 1 saturated heterocycles. The van der Waals surface area contributed by atoms with Crippen LogP contribution in [0.1, 0.15) is 42.3 Å². The highest BCUT2D eigenvalue weighted by Crippen LogP contribution is 2.32. The van der Waals surface area contributed by atoms with Crippen LogP contribution in [0.3, 0.4) is 0 Å². The van der Waals surface area contributed by atoms with Crippen LogP contribution in [0.2, 0.25) is 0 Å². The Hall–Kier alpha value is -2.47. The van der Waals surface area contributed by atoms with E-state index in [9.17, 15) is 4.79 Å². The molecule has 1 fully saturated rings. The average molecular weight is 367 g/mol. The molecular weight excluding hydrogens is 346 g/mol. The fourth-order valence-corrected chi connectivity index (χ4v) is 4.06. The van der Waals surface area contributed by atoms with Crippen molar-refractivity contribution in [3.63, 3.8) is 0 Å². The number of aryl methyl sites for hydroxylation is 2. The van der Waals surface area contributed by atoms with E-state index in [2.05, 4.69) is 41.3 Å². The number of rotatable bonds is 5. The van der Waals surface area contributed by atoms with E-state index in [-0.39, 0.29) is 11.9 Å². The molecule has 1 aromatic carbocycles. The third-order valence-electron chi connectivity index (χ3n) is 4.84. The van der Waals surface area contributed by atoms with Crippen LogP contribution in [0.5, 0.6) is 0 Å². The van der Waals surface area contributed by atoms with E-state index in [4.69, 9.17) is 4.52 Å². The number of nitrogens with zero attached hydrogens (tertiary/aromatic N) is 3. The summed E-state index contributed by atoms with van der Waals surface area (Å²) in [5.41, 5.74) is 3.41. The van der Waals surface area contributed by atoms with Gasteiger partial charge in [-0.25, -0.2) is 0 Å². The highest BCUT2D eigenvalue weighted by Gasteiger charge is 2.29. The topological polar surface area (TPSA) is 59.2 Å². The van der Waals surface area contributed by atoms with Crippen molar-refractivity contribution in [2.45, 2.75) is 38.6 Å². The van der Waals surface area contributed by atoms with Gasteiger partial charge in [-0.2, -0.15) is 16.3 Å². The molecule has 1 aliphatic heterocycles. The van der Waals surface area contributed by atoms with Crippen molar-refractivity contribution in [2.75, 3.05) is 6.54 Å². The Bertz CT molecular complexity index is 871. The average Bonchev–Trinajstić information content (AvgIpc) is 3.40. The molecule has 1 unspecified atom stereocenters. The molecule has 0 aliphatic carbocycles. The Morgan fingerprint density at radius 2 is 2.15 bits per heavy atom. The van der Waals surface area contributed by atoms with Crippen LogP contribution >= 0.6 is 11.3 Å². The number of aromatic nitrogens is 2. The lowest BCUT2D eigenvalue weighted by atomic mass is 10.0. The summed E-state index contributed by atoms with van der Waals surface area (Å²) in [5, 5.41) is 7.96. The van der Waals surface area contributed by atoms with E-state index in [0.29, 0.717) is 24.6 Å². The van der Waals surface area contributed by atoms with Gasteiger partial charge >= 0.3 is 0 Å². The molecule has 6 heteroatoms. The number of carbonyl (C=O) groups excluding carboxylic acids is 1. The molecule has 1 amide bonds. The van der Waals surface area contributed by atoms with Crippen LogP contribution in [0.15, 0.2) is 45.6 Å². The lowest BCUT2D eigenvalue weighted by Crippen LogP contribution is -2.30. The predicted octanol–water partition coefficient (Wildman–Crippen LogP) is 4.40. The summed E-state index contributed by atoms with van der Waals surface area (Å²) >= 11 is 1.60. The maximum Gasteiger partial charge on any atom is 0.227 e. The molecule has 0 bridgehead atoms. The normalized spacial score (nSPS) is 17.0. The van der Waals surface area contributed by atoms with E-state index in [1.807, 2.05) is 21.7 Å². The first kappa shape index (κ1) is 17.0. The largest absolute Gasteiger partial charge is 0.339 e. The van der Waals surface area contributed by atoms with Crippen LogP contribution in [-0.4, -0.2) is 27.5 Å². The van der Waals surface area contributed by atoms with Crippen molar-refractivity contribution in [3.8, 4) is 11.4 Å². The maximum absolute atomic E-state index is 12.7. The van der Waals surface area contributed by atoms with E-state index in [1.54, 1.807) is 11.3 Å². The van der Waals surface area contributed by atoms with E-state index in [1.165, 1.54) is 11.1 Å². The Balaban J connectivity index is 1.39. The monoisotopic (exact) mass is 367 g/mol. The minimum Gasteiger partial charge on any atom is -0.339 e. The van der Waals surface area contributed by atoms with Crippen molar-refractivity contribution in [3.05, 3.63) is 58.1 Å². The summed E-state index contributed by atoms with van der Waals surface area (Å²) in [6.07, 6.45) is 2.95. The second kappa shape index (κ2) is 7.41. The number of hydrogen-bond donors (Lipinski definition) is 0. The molecular formula is C20H21N3O2S. The summed E-state index contributed by atoms with van der Waals surface area (Å²) in [7, 11) is 0. The lowest BCUT2D eigenvalue weighted by Gasteiger charge is -2.25. The first-order chi connectivity index (χ1) is 12.7. The van der Waals surface area contributed by atoms with Gasteiger partial charge in [0.2, 0.25) is 17.6 Å². The minimum atomic E-state index is 0.156. The highest BCUT2D eigenvalue weighted by atomic mass is 32.1. The van der Waals surface area contributed by atoms with Gasteiger partial charge in [0.05, 0.1) is 6.04 Å².